The highest BCUT2D eigenvalue weighted by Gasteiger charge is 2.24. The molecule has 0 saturated carbocycles. The molecule has 0 spiro atoms. The van der Waals surface area contributed by atoms with Gasteiger partial charge in [0.05, 0.1) is 23.9 Å². The summed E-state index contributed by atoms with van der Waals surface area (Å²) in [5.74, 6) is 0.280. The molecule has 1 aliphatic rings. The van der Waals surface area contributed by atoms with Gasteiger partial charge in [-0.2, -0.15) is 5.10 Å². The number of rotatable bonds is 6. The summed E-state index contributed by atoms with van der Waals surface area (Å²) in [6, 6.07) is 8.07. The summed E-state index contributed by atoms with van der Waals surface area (Å²) >= 11 is 0. The van der Waals surface area contributed by atoms with Gasteiger partial charge in [0.2, 0.25) is 5.91 Å². The summed E-state index contributed by atoms with van der Waals surface area (Å²) in [4.78, 5) is 12.3. The number of benzene rings is 1. The van der Waals surface area contributed by atoms with E-state index in [-0.39, 0.29) is 30.3 Å². The summed E-state index contributed by atoms with van der Waals surface area (Å²) < 4.78 is 20.4. The third-order valence-electron chi connectivity index (χ3n) is 4.54. The zero-order valence-electron chi connectivity index (χ0n) is 15.3. The predicted octanol–water partition coefficient (Wildman–Crippen LogP) is 3.26. The lowest BCUT2D eigenvalue weighted by Gasteiger charge is -2.31. The van der Waals surface area contributed by atoms with Crippen molar-refractivity contribution < 1.29 is 13.9 Å². The van der Waals surface area contributed by atoms with Gasteiger partial charge >= 0.3 is 0 Å². The van der Waals surface area contributed by atoms with E-state index in [2.05, 4.69) is 24.3 Å². The van der Waals surface area contributed by atoms with E-state index in [1.165, 1.54) is 12.1 Å². The van der Waals surface area contributed by atoms with Gasteiger partial charge in [-0.1, -0.05) is 13.8 Å². The lowest BCUT2D eigenvalue weighted by molar-refractivity contribution is -0.122. The van der Waals surface area contributed by atoms with Crippen LogP contribution in [-0.4, -0.2) is 34.4 Å². The first-order valence-corrected chi connectivity index (χ1v) is 9.21. The highest BCUT2D eigenvalue weighted by Crippen LogP contribution is 2.20. The van der Waals surface area contributed by atoms with E-state index in [0.717, 1.165) is 24.9 Å². The van der Waals surface area contributed by atoms with Gasteiger partial charge in [-0.05, 0) is 55.5 Å². The van der Waals surface area contributed by atoms with Crippen LogP contribution in [0.3, 0.4) is 0 Å². The van der Waals surface area contributed by atoms with Crippen LogP contribution in [0.15, 0.2) is 36.5 Å². The van der Waals surface area contributed by atoms with E-state index in [0.29, 0.717) is 18.2 Å². The standard InChI is InChI=1S/C20H26FN3O2/c1-14(2)11-19-12-16(8-10-26-19)22-20(25)13-17-7-9-24(23-17)18-5-3-15(21)4-6-18/h3-7,9,14,16,19H,8,10-13H2,1-2H3,(H,22,25). The maximum Gasteiger partial charge on any atom is 0.226 e. The number of ether oxygens (including phenoxy) is 1. The van der Waals surface area contributed by atoms with Crippen LogP contribution in [0.5, 0.6) is 0 Å². The lowest BCUT2D eigenvalue weighted by Crippen LogP contribution is -2.43. The third-order valence-corrected chi connectivity index (χ3v) is 4.54. The minimum absolute atomic E-state index is 0.0236. The van der Waals surface area contributed by atoms with Crippen molar-refractivity contribution in [1.82, 2.24) is 15.1 Å². The molecule has 1 aromatic heterocycles. The second kappa shape index (κ2) is 8.45. The maximum atomic E-state index is 13.0. The van der Waals surface area contributed by atoms with E-state index < -0.39 is 0 Å². The van der Waals surface area contributed by atoms with Crippen molar-refractivity contribution in [1.29, 1.82) is 0 Å². The topological polar surface area (TPSA) is 56.2 Å². The first-order valence-electron chi connectivity index (χ1n) is 9.21. The van der Waals surface area contributed by atoms with Crippen LogP contribution in [0, 0.1) is 11.7 Å². The highest BCUT2D eigenvalue weighted by atomic mass is 19.1. The number of nitrogens with one attached hydrogen (secondary N) is 1. The van der Waals surface area contributed by atoms with Gasteiger partial charge in [0, 0.05) is 18.8 Å². The van der Waals surface area contributed by atoms with Crippen molar-refractivity contribution >= 4 is 5.91 Å². The van der Waals surface area contributed by atoms with Gasteiger partial charge < -0.3 is 10.1 Å². The van der Waals surface area contributed by atoms with Crippen molar-refractivity contribution in [3.05, 3.63) is 48.0 Å². The smallest absolute Gasteiger partial charge is 0.226 e. The Hall–Kier alpha value is -2.21. The average Bonchev–Trinajstić information content (AvgIpc) is 3.03. The first kappa shape index (κ1) is 18.6. The highest BCUT2D eigenvalue weighted by molar-refractivity contribution is 5.78. The molecule has 2 atom stereocenters. The molecular weight excluding hydrogens is 333 g/mol. The molecule has 1 amide bonds. The average molecular weight is 359 g/mol. The summed E-state index contributed by atoms with van der Waals surface area (Å²) in [6.45, 7) is 5.06. The molecule has 2 heterocycles. The quantitative estimate of drug-likeness (QED) is 0.861. The monoisotopic (exact) mass is 359 g/mol. The van der Waals surface area contributed by atoms with Gasteiger partial charge in [0.15, 0.2) is 0 Å². The van der Waals surface area contributed by atoms with E-state index in [1.807, 2.05) is 6.07 Å². The summed E-state index contributed by atoms with van der Waals surface area (Å²) in [5, 5.41) is 7.52. The number of halogens is 1. The van der Waals surface area contributed by atoms with Crippen molar-refractivity contribution in [3.63, 3.8) is 0 Å². The molecule has 1 fully saturated rings. The summed E-state index contributed by atoms with van der Waals surface area (Å²) in [6.07, 6.45) is 4.99. The maximum absolute atomic E-state index is 13.0. The molecule has 1 aromatic carbocycles. The van der Waals surface area contributed by atoms with Crippen molar-refractivity contribution in [2.75, 3.05) is 6.61 Å². The first-order chi connectivity index (χ1) is 12.5. The number of carbonyl (C=O) groups excluding carboxylic acids is 1. The van der Waals surface area contributed by atoms with Crippen LogP contribution in [0.25, 0.3) is 5.69 Å². The van der Waals surface area contributed by atoms with E-state index in [1.54, 1.807) is 23.0 Å². The van der Waals surface area contributed by atoms with Crippen molar-refractivity contribution in [2.45, 2.75) is 51.7 Å². The molecule has 0 aliphatic carbocycles. The van der Waals surface area contributed by atoms with Gasteiger partial charge in [0.25, 0.3) is 0 Å². The van der Waals surface area contributed by atoms with E-state index in [9.17, 15) is 9.18 Å². The molecule has 1 N–H and O–H groups in total. The number of hydrogen-bond acceptors (Lipinski definition) is 3. The minimum Gasteiger partial charge on any atom is -0.378 e. The van der Waals surface area contributed by atoms with Crippen molar-refractivity contribution in [2.24, 2.45) is 5.92 Å². The molecule has 26 heavy (non-hydrogen) atoms. The normalized spacial score (nSPS) is 20.3. The van der Waals surface area contributed by atoms with E-state index >= 15 is 0 Å². The van der Waals surface area contributed by atoms with Crippen LogP contribution in [-0.2, 0) is 16.0 Å². The van der Waals surface area contributed by atoms with Gasteiger partial charge in [-0.15, -0.1) is 0 Å². The van der Waals surface area contributed by atoms with Crippen LogP contribution < -0.4 is 5.32 Å². The zero-order chi connectivity index (χ0) is 18.5. The second-order valence-corrected chi connectivity index (χ2v) is 7.32. The fourth-order valence-corrected chi connectivity index (χ4v) is 3.34. The SMILES string of the molecule is CC(C)CC1CC(NC(=O)Cc2ccn(-c3ccc(F)cc3)n2)CCO1. The number of hydrogen-bond donors (Lipinski definition) is 1. The molecule has 0 bridgehead atoms. The Kier molecular flexibility index (Phi) is 6.04. The Balaban J connectivity index is 1.53. The molecule has 0 radical (unpaired) electrons. The zero-order valence-corrected chi connectivity index (χ0v) is 15.3. The Labute approximate surface area is 153 Å². The fourth-order valence-electron chi connectivity index (χ4n) is 3.34. The molecule has 5 nitrogen and oxygen atoms in total. The molecule has 140 valence electrons. The lowest BCUT2D eigenvalue weighted by atomic mass is 9.96. The Morgan fingerprint density at radius 3 is 2.85 bits per heavy atom. The Bertz CT molecular complexity index is 727. The Morgan fingerprint density at radius 2 is 2.12 bits per heavy atom. The van der Waals surface area contributed by atoms with Gasteiger partial charge in [-0.25, -0.2) is 9.07 Å². The molecule has 1 aliphatic heterocycles. The van der Waals surface area contributed by atoms with Crippen LogP contribution >= 0.6 is 0 Å². The number of nitrogens with zero attached hydrogens (tertiary/aromatic N) is 2. The molecule has 3 rings (SSSR count). The number of amides is 1. The molecular formula is C20H26FN3O2. The van der Waals surface area contributed by atoms with E-state index in [4.69, 9.17) is 4.74 Å². The van der Waals surface area contributed by atoms with Crippen molar-refractivity contribution in [3.8, 4) is 5.69 Å². The molecule has 6 heteroatoms. The molecule has 1 saturated heterocycles. The number of carbonyl (C=O) groups is 1. The van der Waals surface area contributed by atoms with Crippen LogP contribution in [0.1, 0.15) is 38.8 Å². The second-order valence-electron chi connectivity index (χ2n) is 7.32. The van der Waals surface area contributed by atoms with Crippen LogP contribution in [0.4, 0.5) is 4.39 Å². The Morgan fingerprint density at radius 1 is 1.35 bits per heavy atom. The minimum atomic E-state index is -0.285. The van der Waals surface area contributed by atoms with Crippen LogP contribution in [0.2, 0.25) is 0 Å². The van der Waals surface area contributed by atoms with Gasteiger partial charge in [0.1, 0.15) is 5.82 Å². The number of aromatic nitrogens is 2. The fraction of sp³-hybridized carbons (Fsp3) is 0.500. The summed E-state index contributed by atoms with van der Waals surface area (Å²) in [7, 11) is 0. The third kappa shape index (κ3) is 5.14. The molecule has 2 unspecified atom stereocenters. The summed E-state index contributed by atoms with van der Waals surface area (Å²) in [5.41, 5.74) is 1.46. The predicted molar refractivity (Wildman–Crippen MR) is 97.6 cm³/mol. The van der Waals surface area contributed by atoms with Gasteiger partial charge in [-0.3, -0.25) is 4.79 Å². The largest absolute Gasteiger partial charge is 0.378 e. The molecule has 2 aromatic rings.